The molecule has 0 spiro atoms. The Morgan fingerprint density at radius 3 is 2.71 bits per heavy atom. The minimum absolute atomic E-state index is 0.102. The van der Waals surface area contributed by atoms with Crippen LogP contribution in [0, 0.1) is 0 Å². The van der Waals surface area contributed by atoms with E-state index in [1.54, 1.807) is 0 Å². The third-order valence-corrected chi connectivity index (χ3v) is 2.88. The summed E-state index contributed by atoms with van der Waals surface area (Å²) >= 11 is 0. The van der Waals surface area contributed by atoms with Crippen molar-refractivity contribution < 1.29 is 24.1 Å². The smallest absolute Gasteiger partial charge is 0.186 e. The summed E-state index contributed by atoms with van der Waals surface area (Å²) in [6.07, 6.45) is -1.93. The zero-order valence-corrected chi connectivity index (χ0v) is 8.17. The molecule has 2 bridgehead atoms. The molecule has 5 nitrogen and oxygen atoms in total. The maximum Gasteiger partial charge on any atom is 0.186 e. The zero-order chi connectivity index (χ0) is 9.92. The highest BCUT2D eigenvalue weighted by atomic mass is 16.8. The van der Waals surface area contributed by atoms with Crippen LogP contribution in [0.15, 0.2) is 0 Å². The second kappa shape index (κ2) is 2.68. The lowest BCUT2D eigenvalue weighted by Crippen LogP contribution is -2.52. The monoisotopic (exact) mass is 202 g/mol. The molecule has 80 valence electrons. The quantitative estimate of drug-likeness (QED) is 0.580. The van der Waals surface area contributed by atoms with Gasteiger partial charge in [0, 0.05) is 0 Å². The van der Waals surface area contributed by atoms with Gasteiger partial charge in [0.25, 0.3) is 0 Å². The van der Waals surface area contributed by atoms with E-state index in [-0.39, 0.29) is 18.3 Å². The third-order valence-electron chi connectivity index (χ3n) is 2.88. The predicted molar refractivity (Wildman–Crippen MR) is 44.4 cm³/mol. The van der Waals surface area contributed by atoms with Crippen LogP contribution >= 0.6 is 0 Å². The summed E-state index contributed by atoms with van der Waals surface area (Å²) in [5.41, 5.74) is 0. The molecule has 0 aromatic rings. The normalized spacial score (nSPS) is 54.6. The van der Waals surface area contributed by atoms with Gasteiger partial charge in [0.15, 0.2) is 12.1 Å². The van der Waals surface area contributed by atoms with Gasteiger partial charge in [-0.15, -0.1) is 0 Å². The predicted octanol–water partition coefficient (Wildman–Crippen LogP) is -0.378. The van der Waals surface area contributed by atoms with Crippen LogP contribution in [0.2, 0.25) is 0 Å². The topological polar surface area (TPSA) is 57.2 Å². The highest BCUT2D eigenvalue weighted by molar-refractivity contribution is 4.99. The lowest BCUT2D eigenvalue weighted by Gasteiger charge is -2.31. The molecule has 1 N–H and O–H groups in total. The molecular formula is C9H14O5. The summed E-state index contributed by atoms with van der Waals surface area (Å²) in [4.78, 5) is 0. The average Bonchev–Trinajstić information content (AvgIpc) is 2.64. The molecule has 5 atom stereocenters. The Hall–Kier alpha value is -0.200. The van der Waals surface area contributed by atoms with Crippen molar-refractivity contribution in [1.82, 2.24) is 0 Å². The fourth-order valence-corrected chi connectivity index (χ4v) is 2.32. The summed E-state index contributed by atoms with van der Waals surface area (Å²) in [7, 11) is 0. The van der Waals surface area contributed by atoms with Crippen molar-refractivity contribution >= 4 is 0 Å². The first kappa shape index (κ1) is 9.06. The molecule has 0 aromatic carbocycles. The number of hydrogen-bond acceptors (Lipinski definition) is 5. The van der Waals surface area contributed by atoms with Crippen molar-refractivity contribution in [2.45, 2.75) is 50.3 Å². The van der Waals surface area contributed by atoms with Crippen molar-refractivity contribution in [3.05, 3.63) is 0 Å². The average molecular weight is 202 g/mol. The van der Waals surface area contributed by atoms with Crippen LogP contribution in [0.1, 0.15) is 13.8 Å². The van der Waals surface area contributed by atoms with E-state index in [1.165, 1.54) is 0 Å². The van der Waals surface area contributed by atoms with Crippen LogP contribution in [0.3, 0.4) is 0 Å². The standard InChI is InChI=1S/C9H14O5/c1-9(2)13-6-4-3-11-8(12-4)5(10)7(6)14-9/h4-8,10H,3H2,1-2H3/t4-,5+,6-,7+,8+/m1/s1. The van der Waals surface area contributed by atoms with E-state index in [0.717, 1.165) is 0 Å². The van der Waals surface area contributed by atoms with Crippen LogP contribution < -0.4 is 0 Å². The van der Waals surface area contributed by atoms with Crippen LogP contribution in [-0.4, -0.2) is 48.2 Å². The Kier molecular flexibility index (Phi) is 1.73. The number of fused-ring (bicyclic) bond motifs is 4. The highest BCUT2D eigenvalue weighted by Gasteiger charge is 2.57. The Morgan fingerprint density at radius 1 is 1.21 bits per heavy atom. The molecule has 3 fully saturated rings. The molecule has 0 aromatic heterocycles. The van der Waals surface area contributed by atoms with E-state index in [1.807, 2.05) is 13.8 Å². The molecule has 3 saturated heterocycles. The molecule has 3 heterocycles. The van der Waals surface area contributed by atoms with Crippen LogP contribution in [0.5, 0.6) is 0 Å². The van der Waals surface area contributed by atoms with E-state index in [4.69, 9.17) is 18.9 Å². The summed E-state index contributed by atoms with van der Waals surface area (Å²) in [5.74, 6) is -0.635. The SMILES string of the molecule is CC1(C)O[C@H]2[C@H](O)[C@H]3OC[C@@H](O3)[C@H]2O1. The van der Waals surface area contributed by atoms with Crippen LogP contribution in [0.25, 0.3) is 0 Å². The maximum absolute atomic E-state index is 9.84. The largest absolute Gasteiger partial charge is 0.385 e. The number of aliphatic hydroxyl groups is 1. The van der Waals surface area contributed by atoms with Crippen molar-refractivity contribution in [2.75, 3.05) is 6.61 Å². The number of ether oxygens (including phenoxy) is 4. The summed E-state index contributed by atoms with van der Waals surface area (Å²) in [5, 5.41) is 9.84. The number of aliphatic hydroxyl groups excluding tert-OH is 1. The van der Waals surface area contributed by atoms with Gasteiger partial charge in [0.1, 0.15) is 24.4 Å². The Bertz CT molecular complexity index is 246. The Balaban J connectivity index is 1.88. The molecule has 0 aliphatic carbocycles. The van der Waals surface area contributed by atoms with Crippen molar-refractivity contribution in [3.63, 3.8) is 0 Å². The highest BCUT2D eigenvalue weighted by Crippen LogP contribution is 2.40. The molecular weight excluding hydrogens is 188 g/mol. The van der Waals surface area contributed by atoms with E-state index >= 15 is 0 Å². The zero-order valence-electron chi connectivity index (χ0n) is 8.17. The van der Waals surface area contributed by atoms with Crippen molar-refractivity contribution in [2.24, 2.45) is 0 Å². The fraction of sp³-hybridized carbons (Fsp3) is 1.00. The lowest BCUT2D eigenvalue weighted by molar-refractivity contribution is -0.204. The van der Waals surface area contributed by atoms with E-state index in [0.29, 0.717) is 6.61 Å². The van der Waals surface area contributed by atoms with Gasteiger partial charge < -0.3 is 24.1 Å². The molecule has 14 heavy (non-hydrogen) atoms. The van der Waals surface area contributed by atoms with Crippen molar-refractivity contribution in [1.29, 1.82) is 0 Å². The minimum Gasteiger partial charge on any atom is -0.385 e. The molecule has 5 heteroatoms. The molecule has 3 rings (SSSR count). The maximum atomic E-state index is 9.84. The van der Waals surface area contributed by atoms with Gasteiger partial charge in [0.2, 0.25) is 0 Å². The van der Waals surface area contributed by atoms with Gasteiger partial charge in [-0.2, -0.15) is 0 Å². The van der Waals surface area contributed by atoms with Gasteiger partial charge in [-0.3, -0.25) is 0 Å². The third kappa shape index (κ3) is 1.14. The Morgan fingerprint density at radius 2 is 1.93 bits per heavy atom. The van der Waals surface area contributed by atoms with Crippen molar-refractivity contribution in [3.8, 4) is 0 Å². The van der Waals surface area contributed by atoms with Gasteiger partial charge in [-0.05, 0) is 13.8 Å². The minimum atomic E-state index is -0.750. The van der Waals surface area contributed by atoms with E-state index < -0.39 is 18.2 Å². The number of hydrogen-bond donors (Lipinski definition) is 1. The Labute approximate surface area is 81.9 Å². The van der Waals surface area contributed by atoms with Crippen LogP contribution in [0.4, 0.5) is 0 Å². The van der Waals surface area contributed by atoms with E-state index in [9.17, 15) is 5.11 Å². The first-order valence-electron chi connectivity index (χ1n) is 4.88. The molecule has 0 radical (unpaired) electrons. The fourth-order valence-electron chi connectivity index (χ4n) is 2.32. The first-order chi connectivity index (χ1) is 6.57. The number of rotatable bonds is 0. The summed E-state index contributed by atoms with van der Waals surface area (Å²) in [6, 6.07) is 0. The van der Waals surface area contributed by atoms with E-state index in [2.05, 4.69) is 0 Å². The van der Waals surface area contributed by atoms with Gasteiger partial charge >= 0.3 is 0 Å². The van der Waals surface area contributed by atoms with Crippen LogP contribution in [-0.2, 0) is 18.9 Å². The molecule has 3 aliphatic rings. The molecule has 0 saturated carbocycles. The molecule has 0 amide bonds. The summed E-state index contributed by atoms with van der Waals surface area (Å²) in [6.45, 7) is 4.15. The van der Waals surface area contributed by atoms with Gasteiger partial charge in [0.05, 0.1) is 6.61 Å². The lowest BCUT2D eigenvalue weighted by atomic mass is 10.0. The second-order valence-electron chi connectivity index (χ2n) is 4.43. The van der Waals surface area contributed by atoms with Gasteiger partial charge in [-0.25, -0.2) is 0 Å². The second-order valence-corrected chi connectivity index (χ2v) is 4.43. The molecule has 3 aliphatic heterocycles. The molecule has 0 unspecified atom stereocenters. The van der Waals surface area contributed by atoms with Gasteiger partial charge in [-0.1, -0.05) is 0 Å². The summed E-state index contributed by atoms with van der Waals surface area (Å²) < 4.78 is 22.0. The first-order valence-corrected chi connectivity index (χ1v) is 4.88.